The highest BCUT2D eigenvalue weighted by Gasteiger charge is 2.08. The van der Waals surface area contributed by atoms with E-state index in [4.69, 9.17) is 9.47 Å². The van der Waals surface area contributed by atoms with Gasteiger partial charge in [0.05, 0.1) is 17.6 Å². The van der Waals surface area contributed by atoms with Crippen LogP contribution < -0.4 is 14.8 Å². The van der Waals surface area contributed by atoms with E-state index in [-0.39, 0.29) is 12.5 Å². The number of ether oxygens (including phenoxy) is 2. The van der Waals surface area contributed by atoms with E-state index in [1.807, 2.05) is 48.5 Å². The number of unbranched alkanes of at least 4 members (excludes halogenated alkanes) is 5. The van der Waals surface area contributed by atoms with Crippen molar-refractivity contribution >= 4 is 22.9 Å². The number of nitrogens with zero attached hydrogens (tertiary/aromatic N) is 1. The highest BCUT2D eigenvalue weighted by molar-refractivity contribution is 5.92. The Morgan fingerprint density at radius 1 is 0.931 bits per heavy atom. The summed E-state index contributed by atoms with van der Waals surface area (Å²) in [5, 5.41) is 2.71. The Labute approximate surface area is 171 Å². The lowest BCUT2D eigenvalue weighted by Gasteiger charge is -2.08. The lowest BCUT2D eigenvalue weighted by Crippen LogP contribution is -2.20. The fourth-order valence-electron chi connectivity index (χ4n) is 3.03. The van der Waals surface area contributed by atoms with Crippen LogP contribution in [0.15, 0.2) is 48.5 Å². The summed E-state index contributed by atoms with van der Waals surface area (Å²) in [5.74, 6) is 1.58. The fraction of sp³-hybridized carbons (Fsp3) is 0.391. The zero-order valence-corrected chi connectivity index (χ0v) is 16.9. The largest absolute Gasteiger partial charge is 0.494 e. The van der Waals surface area contributed by atoms with Crippen molar-refractivity contribution in [3.8, 4) is 11.5 Å². The van der Waals surface area contributed by atoms with Gasteiger partial charge in [0.1, 0.15) is 11.5 Å². The molecule has 0 saturated heterocycles. The van der Waals surface area contributed by atoms with Gasteiger partial charge in [-0.1, -0.05) is 51.2 Å². The molecule has 29 heavy (non-hydrogen) atoms. The second-order valence-corrected chi connectivity index (χ2v) is 7.03. The van der Waals surface area contributed by atoms with E-state index >= 15 is 0 Å². The maximum absolute atomic E-state index is 12.1. The standard InChI is InChI=1S/C23H29N3O3/c1-2-3-4-5-6-9-16-28-18-12-14-19(15-13-18)29-17-22(27)26-23-24-20-10-7-8-11-21(20)25-23/h7-8,10-15H,2-6,9,16-17H2,1H3,(H2,24,25,26,27). The van der Waals surface area contributed by atoms with Crippen molar-refractivity contribution in [2.45, 2.75) is 45.4 Å². The van der Waals surface area contributed by atoms with Crippen molar-refractivity contribution in [3.05, 3.63) is 48.5 Å². The third-order valence-corrected chi connectivity index (χ3v) is 4.61. The van der Waals surface area contributed by atoms with Crippen molar-refractivity contribution in [1.29, 1.82) is 0 Å². The van der Waals surface area contributed by atoms with Gasteiger partial charge in [-0.15, -0.1) is 0 Å². The number of amides is 1. The number of carbonyl (C=O) groups is 1. The molecule has 0 radical (unpaired) electrons. The second-order valence-electron chi connectivity index (χ2n) is 7.03. The molecule has 1 amide bonds. The average molecular weight is 396 g/mol. The highest BCUT2D eigenvalue weighted by atomic mass is 16.5. The van der Waals surface area contributed by atoms with Gasteiger partial charge in [0, 0.05) is 0 Å². The molecule has 0 aliphatic carbocycles. The van der Waals surface area contributed by atoms with Gasteiger partial charge in [-0.2, -0.15) is 0 Å². The number of fused-ring (bicyclic) bond motifs is 1. The molecule has 0 bridgehead atoms. The van der Waals surface area contributed by atoms with Gasteiger partial charge in [-0.25, -0.2) is 4.98 Å². The quantitative estimate of drug-likeness (QED) is 0.407. The number of nitrogens with one attached hydrogen (secondary N) is 2. The number of H-pyrrole nitrogens is 1. The van der Waals surface area contributed by atoms with E-state index in [1.165, 1.54) is 32.1 Å². The summed E-state index contributed by atoms with van der Waals surface area (Å²) in [6.07, 6.45) is 7.46. The number of benzene rings is 2. The van der Waals surface area contributed by atoms with Crippen LogP contribution in [0.3, 0.4) is 0 Å². The number of rotatable bonds is 12. The van der Waals surface area contributed by atoms with E-state index < -0.39 is 0 Å². The minimum atomic E-state index is -0.271. The monoisotopic (exact) mass is 395 g/mol. The van der Waals surface area contributed by atoms with Gasteiger partial charge < -0.3 is 14.5 Å². The Bertz CT molecular complexity index is 857. The minimum Gasteiger partial charge on any atom is -0.494 e. The summed E-state index contributed by atoms with van der Waals surface area (Å²) < 4.78 is 11.3. The van der Waals surface area contributed by atoms with E-state index in [0.29, 0.717) is 11.7 Å². The van der Waals surface area contributed by atoms with E-state index in [1.54, 1.807) is 0 Å². The number of aromatic nitrogens is 2. The molecule has 1 aromatic heterocycles. The van der Waals surface area contributed by atoms with Crippen molar-refractivity contribution in [2.24, 2.45) is 0 Å². The van der Waals surface area contributed by atoms with Crippen LogP contribution in [0.25, 0.3) is 11.0 Å². The van der Waals surface area contributed by atoms with Gasteiger partial charge in [0.25, 0.3) is 5.91 Å². The van der Waals surface area contributed by atoms with Crippen molar-refractivity contribution in [3.63, 3.8) is 0 Å². The van der Waals surface area contributed by atoms with E-state index in [0.717, 1.165) is 29.8 Å². The number of carbonyl (C=O) groups excluding carboxylic acids is 1. The lowest BCUT2D eigenvalue weighted by atomic mass is 10.1. The molecule has 0 unspecified atom stereocenters. The Balaban J connectivity index is 1.35. The van der Waals surface area contributed by atoms with Gasteiger partial charge in [-0.3, -0.25) is 10.1 Å². The predicted octanol–water partition coefficient (Wildman–Crippen LogP) is 5.32. The molecule has 0 aliphatic heterocycles. The molecule has 154 valence electrons. The summed E-state index contributed by atoms with van der Waals surface area (Å²) in [7, 11) is 0. The zero-order chi connectivity index (χ0) is 20.3. The number of hydrogen-bond donors (Lipinski definition) is 2. The molecule has 0 aliphatic rings. The van der Waals surface area contributed by atoms with Crippen LogP contribution in [0.1, 0.15) is 45.4 Å². The third kappa shape index (κ3) is 6.82. The molecule has 0 saturated carbocycles. The Morgan fingerprint density at radius 3 is 2.38 bits per heavy atom. The summed E-state index contributed by atoms with van der Waals surface area (Å²) in [4.78, 5) is 19.4. The van der Waals surface area contributed by atoms with E-state index in [2.05, 4.69) is 22.2 Å². The molecule has 6 nitrogen and oxygen atoms in total. The van der Waals surface area contributed by atoms with Crippen LogP contribution >= 0.6 is 0 Å². The fourth-order valence-corrected chi connectivity index (χ4v) is 3.03. The molecule has 0 fully saturated rings. The first-order valence-electron chi connectivity index (χ1n) is 10.3. The second kappa shape index (κ2) is 11.1. The van der Waals surface area contributed by atoms with Crippen LogP contribution in [0.2, 0.25) is 0 Å². The van der Waals surface area contributed by atoms with Crippen LogP contribution in [0.4, 0.5) is 5.95 Å². The molecule has 1 heterocycles. The van der Waals surface area contributed by atoms with Gasteiger partial charge in [-0.05, 0) is 42.8 Å². The summed E-state index contributed by atoms with van der Waals surface area (Å²) in [5.41, 5.74) is 1.68. The maximum Gasteiger partial charge on any atom is 0.264 e. The Kier molecular flexibility index (Phi) is 7.92. The van der Waals surface area contributed by atoms with Crippen molar-refractivity contribution < 1.29 is 14.3 Å². The van der Waals surface area contributed by atoms with Crippen LogP contribution in [-0.4, -0.2) is 29.1 Å². The van der Waals surface area contributed by atoms with Gasteiger partial charge >= 0.3 is 0 Å². The molecule has 2 N–H and O–H groups in total. The maximum atomic E-state index is 12.1. The van der Waals surface area contributed by atoms with Crippen LogP contribution in [-0.2, 0) is 4.79 Å². The van der Waals surface area contributed by atoms with Crippen molar-refractivity contribution in [1.82, 2.24) is 9.97 Å². The number of imidazole rings is 1. The Morgan fingerprint density at radius 2 is 1.62 bits per heavy atom. The molecule has 3 rings (SSSR count). The Hall–Kier alpha value is -3.02. The predicted molar refractivity (Wildman–Crippen MR) is 116 cm³/mol. The molecular formula is C23H29N3O3. The molecule has 2 aromatic carbocycles. The number of aromatic amines is 1. The first kappa shape index (κ1) is 20.7. The van der Waals surface area contributed by atoms with Gasteiger partial charge in [0.15, 0.2) is 6.61 Å². The summed E-state index contributed by atoms with van der Waals surface area (Å²) in [6.45, 7) is 2.87. The molecule has 0 spiro atoms. The third-order valence-electron chi connectivity index (χ3n) is 4.61. The normalized spacial score (nSPS) is 10.8. The number of para-hydroxylation sites is 2. The molecule has 0 atom stereocenters. The number of anilines is 1. The molecular weight excluding hydrogens is 366 g/mol. The summed E-state index contributed by atoms with van der Waals surface area (Å²) in [6, 6.07) is 15.0. The smallest absolute Gasteiger partial charge is 0.264 e. The zero-order valence-electron chi connectivity index (χ0n) is 16.9. The molecule has 3 aromatic rings. The first-order valence-corrected chi connectivity index (χ1v) is 10.3. The highest BCUT2D eigenvalue weighted by Crippen LogP contribution is 2.18. The average Bonchev–Trinajstić information content (AvgIpc) is 3.14. The topological polar surface area (TPSA) is 76.2 Å². The first-order chi connectivity index (χ1) is 14.2. The number of hydrogen-bond acceptors (Lipinski definition) is 4. The van der Waals surface area contributed by atoms with Crippen LogP contribution in [0.5, 0.6) is 11.5 Å². The lowest BCUT2D eigenvalue weighted by molar-refractivity contribution is -0.118. The summed E-state index contributed by atoms with van der Waals surface area (Å²) >= 11 is 0. The molecule has 6 heteroatoms. The SMILES string of the molecule is CCCCCCCCOc1ccc(OCC(=O)Nc2nc3ccccc3[nH]2)cc1. The van der Waals surface area contributed by atoms with Crippen LogP contribution in [0, 0.1) is 0 Å². The minimum absolute atomic E-state index is 0.0883. The van der Waals surface area contributed by atoms with Crippen molar-refractivity contribution in [2.75, 3.05) is 18.5 Å². The van der Waals surface area contributed by atoms with E-state index in [9.17, 15) is 4.79 Å². The van der Waals surface area contributed by atoms with Gasteiger partial charge in [0.2, 0.25) is 5.95 Å².